The zero-order valence-electron chi connectivity index (χ0n) is 11.1. The molecule has 0 saturated carbocycles. The van der Waals surface area contributed by atoms with E-state index in [2.05, 4.69) is 5.16 Å². The van der Waals surface area contributed by atoms with Crippen molar-refractivity contribution in [3.8, 4) is 0 Å². The predicted octanol–water partition coefficient (Wildman–Crippen LogP) is 1.73. The first kappa shape index (κ1) is 14.9. The standard InChI is InChI=1S/C13H18FN3O2/c1-3-17(7-6-12(15)16-19)13(18)11-8-10(14)5-4-9(11)2/h4-5,8,19H,3,6-7H2,1-2H3,(H2,15,16). The van der Waals surface area contributed by atoms with Gasteiger partial charge < -0.3 is 15.8 Å². The second-order valence-electron chi connectivity index (χ2n) is 4.19. The largest absolute Gasteiger partial charge is 0.409 e. The van der Waals surface area contributed by atoms with E-state index in [1.807, 2.05) is 6.92 Å². The van der Waals surface area contributed by atoms with Gasteiger partial charge in [0.15, 0.2) is 0 Å². The number of nitrogens with two attached hydrogens (primary N) is 1. The van der Waals surface area contributed by atoms with Crippen LogP contribution in [0.2, 0.25) is 0 Å². The molecule has 0 saturated heterocycles. The smallest absolute Gasteiger partial charge is 0.254 e. The normalized spacial score (nSPS) is 11.4. The number of amides is 1. The van der Waals surface area contributed by atoms with Crippen molar-refractivity contribution in [2.75, 3.05) is 13.1 Å². The number of amidine groups is 1. The molecule has 19 heavy (non-hydrogen) atoms. The second kappa shape index (κ2) is 6.72. The van der Waals surface area contributed by atoms with Crippen molar-refractivity contribution in [1.29, 1.82) is 0 Å². The average molecular weight is 267 g/mol. The first-order chi connectivity index (χ1) is 8.99. The summed E-state index contributed by atoms with van der Waals surface area (Å²) in [4.78, 5) is 13.8. The van der Waals surface area contributed by atoms with Gasteiger partial charge in [-0.3, -0.25) is 4.79 Å². The van der Waals surface area contributed by atoms with Crippen LogP contribution in [0.4, 0.5) is 4.39 Å². The Kier molecular flexibility index (Phi) is 5.29. The molecule has 3 N–H and O–H groups in total. The monoisotopic (exact) mass is 267 g/mol. The van der Waals surface area contributed by atoms with Crippen LogP contribution in [-0.4, -0.2) is 34.9 Å². The van der Waals surface area contributed by atoms with Crippen LogP contribution in [0.3, 0.4) is 0 Å². The number of halogens is 1. The molecule has 0 spiro atoms. The van der Waals surface area contributed by atoms with E-state index in [1.165, 1.54) is 17.0 Å². The van der Waals surface area contributed by atoms with Gasteiger partial charge in [0, 0.05) is 25.1 Å². The Hall–Kier alpha value is -2.11. The first-order valence-electron chi connectivity index (χ1n) is 6.01. The molecule has 6 heteroatoms. The molecule has 0 aliphatic heterocycles. The van der Waals surface area contributed by atoms with Gasteiger partial charge in [-0.2, -0.15) is 0 Å². The van der Waals surface area contributed by atoms with Crippen molar-refractivity contribution in [1.82, 2.24) is 4.90 Å². The number of nitrogens with zero attached hydrogens (tertiary/aromatic N) is 2. The van der Waals surface area contributed by atoms with Crippen LogP contribution in [0, 0.1) is 12.7 Å². The quantitative estimate of drug-likeness (QED) is 0.369. The number of oxime groups is 1. The Morgan fingerprint density at radius 2 is 2.21 bits per heavy atom. The maximum absolute atomic E-state index is 13.2. The number of rotatable bonds is 5. The highest BCUT2D eigenvalue weighted by atomic mass is 19.1. The Labute approximate surface area is 111 Å². The van der Waals surface area contributed by atoms with Crippen molar-refractivity contribution >= 4 is 11.7 Å². The summed E-state index contributed by atoms with van der Waals surface area (Å²) in [7, 11) is 0. The average Bonchev–Trinajstić information content (AvgIpc) is 2.41. The summed E-state index contributed by atoms with van der Waals surface area (Å²) in [6.45, 7) is 4.36. The fourth-order valence-corrected chi connectivity index (χ4v) is 1.70. The van der Waals surface area contributed by atoms with Crippen molar-refractivity contribution in [2.24, 2.45) is 10.9 Å². The van der Waals surface area contributed by atoms with Gasteiger partial charge in [0.1, 0.15) is 11.7 Å². The molecule has 104 valence electrons. The molecule has 0 fully saturated rings. The van der Waals surface area contributed by atoms with Gasteiger partial charge in [-0.15, -0.1) is 0 Å². The van der Waals surface area contributed by atoms with Crippen LogP contribution in [-0.2, 0) is 0 Å². The molecule has 0 unspecified atom stereocenters. The Balaban J connectivity index is 2.86. The molecule has 5 nitrogen and oxygen atoms in total. The number of aryl methyl sites for hydroxylation is 1. The van der Waals surface area contributed by atoms with E-state index in [4.69, 9.17) is 10.9 Å². The van der Waals surface area contributed by atoms with Gasteiger partial charge >= 0.3 is 0 Å². The lowest BCUT2D eigenvalue weighted by molar-refractivity contribution is 0.0767. The first-order valence-corrected chi connectivity index (χ1v) is 6.01. The van der Waals surface area contributed by atoms with E-state index in [0.717, 1.165) is 0 Å². The number of hydrogen-bond donors (Lipinski definition) is 2. The molecule has 1 rings (SSSR count). The molecular weight excluding hydrogens is 249 g/mol. The lowest BCUT2D eigenvalue weighted by atomic mass is 10.1. The molecule has 0 aliphatic rings. The summed E-state index contributed by atoms with van der Waals surface area (Å²) in [5, 5.41) is 11.3. The summed E-state index contributed by atoms with van der Waals surface area (Å²) in [5.41, 5.74) is 6.42. The molecule has 0 heterocycles. The minimum absolute atomic E-state index is 0.0576. The van der Waals surface area contributed by atoms with Crippen LogP contribution < -0.4 is 5.73 Å². The zero-order chi connectivity index (χ0) is 14.4. The summed E-state index contributed by atoms with van der Waals surface area (Å²) < 4.78 is 13.2. The number of carbonyl (C=O) groups is 1. The van der Waals surface area contributed by atoms with Gasteiger partial charge in [0.05, 0.1) is 0 Å². The van der Waals surface area contributed by atoms with E-state index >= 15 is 0 Å². The third-order valence-corrected chi connectivity index (χ3v) is 2.87. The van der Waals surface area contributed by atoms with Crippen molar-refractivity contribution in [2.45, 2.75) is 20.3 Å². The van der Waals surface area contributed by atoms with Crippen molar-refractivity contribution < 1.29 is 14.4 Å². The van der Waals surface area contributed by atoms with Gasteiger partial charge in [-0.1, -0.05) is 11.2 Å². The van der Waals surface area contributed by atoms with Gasteiger partial charge in [0.2, 0.25) is 0 Å². The molecule has 1 amide bonds. The predicted molar refractivity (Wildman–Crippen MR) is 70.7 cm³/mol. The Morgan fingerprint density at radius 3 is 2.79 bits per heavy atom. The van der Waals surface area contributed by atoms with Crippen LogP contribution in [0.5, 0.6) is 0 Å². The molecule has 0 bridgehead atoms. The molecule has 0 aliphatic carbocycles. The van der Waals surface area contributed by atoms with Crippen LogP contribution >= 0.6 is 0 Å². The SMILES string of the molecule is CCN(CCC(N)=NO)C(=O)c1cc(F)ccc1C. The topological polar surface area (TPSA) is 78.9 Å². The van der Waals surface area contributed by atoms with Gasteiger partial charge in [-0.25, -0.2) is 4.39 Å². The number of hydrogen-bond acceptors (Lipinski definition) is 3. The molecular formula is C13H18FN3O2. The molecule has 0 atom stereocenters. The van der Waals surface area contributed by atoms with Gasteiger partial charge in [-0.05, 0) is 31.5 Å². The summed E-state index contributed by atoms with van der Waals surface area (Å²) in [6, 6.07) is 4.11. The van der Waals surface area contributed by atoms with E-state index in [-0.39, 0.29) is 18.2 Å². The number of carbonyl (C=O) groups excluding carboxylic acids is 1. The highest BCUT2D eigenvalue weighted by molar-refractivity contribution is 5.96. The lowest BCUT2D eigenvalue weighted by Crippen LogP contribution is -2.34. The third kappa shape index (κ3) is 3.94. The highest BCUT2D eigenvalue weighted by Crippen LogP contribution is 2.13. The van der Waals surface area contributed by atoms with E-state index in [9.17, 15) is 9.18 Å². The number of benzene rings is 1. The fraction of sp³-hybridized carbons (Fsp3) is 0.385. The van der Waals surface area contributed by atoms with E-state index in [0.29, 0.717) is 24.2 Å². The third-order valence-electron chi connectivity index (χ3n) is 2.87. The van der Waals surface area contributed by atoms with Gasteiger partial charge in [0.25, 0.3) is 5.91 Å². The summed E-state index contributed by atoms with van der Waals surface area (Å²) in [5.74, 6) is -0.645. The maximum Gasteiger partial charge on any atom is 0.254 e. The maximum atomic E-state index is 13.2. The Morgan fingerprint density at radius 1 is 1.53 bits per heavy atom. The summed E-state index contributed by atoms with van der Waals surface area (Å²) in [6.07, 6.45) is 0.268. The lowest BCUT2D eigenvalue weighted by Gasteiger charge is -2.21. The van der Waals surface area contributed by atoms with Crippen LogP contribution in [0.25, 0.3) is 0 Å². The van der Waals surface area contributed by atoms with Crippen molar-refractivity contribution in [3.63, 3.8) is 0 Å². The second-order valence-corrected chi connectivity index (χ2v) is 4.19. The van der Waals surface area contributed by atoms with Crippen LogP contribution in [0.1, 0.15) is 29.3 Å². The molecule has 1 aromatic carbocycles. The molecule has 0 radical (unpaired) electrons. The zero-order valence-corrected chi connectivity index (χ0v) is 11.1. The van der Waals surface area contributed by atoms with Crippen LogP contribution in [0.15, 0.2) is 23.4 Å². The molecule has 0 aromatic heterocycles. The van der Waals surface area contributed by atoms with Crippen molar-refractivity contribution in [3.05, 3.63) is 35.1 Å². The van der Waals surface area contributed by atoms with E-state index < -0.39 is 5.82 Å². The minimum atomic E-state index is -0.443. The van der Waals surface area contributed by atoms with E-state index in [1.54, 1.807) is 13.0 Å². The molecule has 1 aromatic rings. The highest BCUT2D eigenvalue weighted by Gasteiger charge is 2.17. The summed E-state index contributed by atoms with van der Waals surface area (Å²) >= 11 is 0. The minimum Gasteiger partial charge on any atom is -0.409 e. The Bertz CT molecular complexity index is 489. The fourth-order valence-electron chi connectivity index (χ4n) is 1.70.